The molecule has 8 rings (SSSR count). The third-order valence-electron chi connectivity index (χ3n) is 9.11. The smallest absolute Gasteiger partial charge is 0.0641 e. The van der Waals surface area contributed by atoms with Crippen molar-refractivity contribution in [2.75, 3.05) is 0 Å². The van der Waals surface area contributed by atoms with Crippen LogP contribution in [0.5, 0.6) is 0 Å². The zero-order valence-corrected chi connectivity index (χ0v) is 25.0. The molecule has 0 radical (unpaired) electrons. The molecule has 6 heteroatoms. The van der Waals surface area contributed by atoms with E-state index in [1.165, 1.54) is 22.3 Å². The number of H-pyrrole nitrogens is 6. The zero-order valence-electron chi connectivity index (χ0n) is 25.0. The number of aromatic amines is 6. The summed E-state index contributed by atoms with van der Waals surface area (Å²) in [6, 6.07) is 34.8. The number of benzene rings is 1. The SMILES string of the molecule is CC1=c2ccc([nH]2)=C(C)c2ccc([nH]2)C(c2ccc(C(c3ccc[nH]3)c3ccc[nH]3)cc2)=c2ccc([nH]2)=C(C)c2ccc1[nH]2. The summed E-state index contributed by atoms with van der Waals surface area (Å²) in [6.07, 6.45) is 3.97. The largest absolute Gasteiger partial charge is 0.364 e. The van der Waals surface area contributed by atoms with Crippen LogP contribution in [0, 0.1) is 0 Å². The summed E-state index contributed by atoms with van der Waals surface area (Å²) in [5, 5.41) is 4.35. The lowest BCUT2D eigenvalue weighted by Gasteiger charge is -2.16. The second kappa shape index (κ2) is 10.3. The molecule has 1 aliphatic heterocycles. The number of hydrogen-bond donors (Lipinski definition) is 6. The highest BCUT2D eigenvalue weighted by molar-refractivity contribution is 5.79. The Balaban J connectivity index is 1.34. The minimum Gasteiger partial charge on any atom is -0.364 e. The van der Waals surface area contributed by atoms with Crippen LogP contribution in [0.3, 0.4) is 0 Å². The maximum absolute atomic E-state index is 3.75. The van der Waals surface area contributed by atoms with Gasteiger partial charge in [-0.25, -0.2) is 0 Å². The summed E-state index contributed by atoms with van der Waals surface area (Å²) in [5.41, 5.74) is 13.7. The van der Waals surface area contributed by atoms with Gasteiger partial charge in [-0.2, -0.15) is 0 Å². The Morgan fingerprint density at radius 2 is 0.886 bits per heavy atom. The van der Waals surface area contributed by atoms with Crippen LogP contribution < -0.4 is 21.4 Å². The van der Waals surface area contributed by atoms with E-state index in [2.05, 4.69) is 148 Å². The summed E-state index contributed by atoms with van der Waals surface area (Å²) in [7, 11) is 0. The fourth-order valence-electron chi connectivity index (χ4n) is 6.49. The van der Waals surface area contributed by atoms with E-state index in [-0.39, 0.29) is 5.92 Å². The van der Waals surface area contributed by atoms with Crippen LogP contribution in [0.25, 0.3) is 22.3 Å². The maximum atomic E-state index is 3.75. The molecule has 0 unspecified atom stereocenters. The molecule has 216 valence electrons. The summed E-state index contributed by atoms with van der Waals surface area (Å²) in [5.74, 6) is 0.0944. The van der Waals surface area contributed by atoms with Crippen molar-refractivity contribution in [3.8, 4) is 0 Å². The van der Waals surface area contributed by atoms with Crippen molar-refractivity contribution in [3.63, 3.8) is 0 Å². The number of aromatic nitrogens is 6. The fraction of sp³-hybridized carbons (Fsp3) is 0.105. The van der Waals surface area contributed by atoms with Crippen molar-refractivity contribution in [1.82, 2.24) is 29.9 Å². The first kappa shape index (κ1) is 26.0. The molecule has 0 aliphatic carbocycles. The van der Waals surface area contributed by atoms with Crippen LogP contribution in [-0.4, -0.2) is 29.9 Å². The molecule has 0 fully saturated rings. The molecule has 7 heterocycles. The van der Waals surface area contributed by atoms with Crippen LogP contribution in [0.1, 0.15) is 72.0 Å². The third-order valence-corrected chi connectivity index (χ3v) is 9.11. The van der Waals surface area contributed by atoms with Gasteiger partial charge in [-0.1, -0.05) is 24.3 Å². The van der Waals surface area contributed by atoms with Crippen LogP contribution >= 0.6 is 0 Å². The van der Waals surface area contributed by atoms with Gasteiger partial charge in [-0.3, -0.25) is 0 Å². The van der Waals surface area contributed by atoms with E-state index in [9.17, 15) is 0 Å². The van der Waals surface area contributed by atoms with Gasteiger partial charge < -0.3 is 29.9 Å². The summed E-state index contributed by atoms with van der Waals surface area (Å²) >= 11 is 0. The van der Waals surface area contributed by atoms with E-state index in [0.29, 0.717) is 0 Å². The van der Waals surface area contributed by atoms with E-state index in [1.54, 1.807) is 0 Å². The first-order chi connectivity index (χ1) is 21.5. The molecule has 1 aromatic carbocycles. The number of fused-ring (bicyclic) bond motifs is 8. The molecule has 1 aliphatic rings. The van der Waals surface area contributed by atoms with Gasteiger partial charge >= 0.3 is 0 Å². The lowest BCUT2D eigenvalue weighted by Crippen LogP contribution is -2.17. The fourth-order valence-corrected chi connectivity index (χ4v) is 6.49. The Morgan fingerprint density at radius 1 is 0.432 bits per heavy atom. The Labute approximate surface area is 254 Å². The monoisotopic (exact) mass is 574 g/mol. The van der Waals surface area contributed by atoms with Gasteiger partial charge in [0, 0.05) is 73.5 Å². The van der Waals surface area contributed by atoms with Gasteiger partial charge in [0.25, 0.3) is 0 Å². The summed E-state index contributed by atoms with van der Waals surface area (Å²) in [6.45, 7) is 6.48. The van der Waals surface area contributed by atoms with Crippen LogP contribution in [0.4, 0.5) is 0 Å². The predicted molar refractivity (Wildman–Crippen MR) is 177 cm³/mol. The van der Waals surface area contributed by atoms with Crippen LogP contribution in [0.2, 0.25) is 0 Å². The van der Waals surface area contributed by atoms with Gasteiger partial charge in [0.1, 0.15) is 0 Å². The minimum absolute atomic E-state index is 0.0944. The molecule has 6 nitrogen and oxygen atoms in total. The van der Waals surface area contributed by atoms with E-state index in [4.69, 9.17) is 0 Å². The average molecular weight is 575 g/mol. The molecule has 0 amide bonds. The summed E-state index contributed by atoms with van der Waals surface area (Å²) in [4.78, 5) is 21.7. The van der Waals surface area contributed by atoms with Crippen molar-refractivity contribution < 1.29 is 0 Å². The molecule has 6 aromatic heterocycles. The Kier molecular flexibility index (Phi) is 6.08. The maximum Gasteiger partial charge on any atom is 0.0641 e. The van der Waals surface area contributed by atoms with Crippen molar-refractivity contribution in [1.29, 1.82) is 0 Å². The standard InChI is InChI=1S/C38H34N6/c1-22-27-12-14-29(41-27)23(2)31-16-18-35(43-31)38(36-19-17-32(44-36)24(3)30-15-13-28(22)42-30)26-10-8-25(9-11-26)37(33-6-4-20-39-33)34-7-5-21-40-34/h4-21,37,39-44H,1-3H3. The Morgan fingerprint density at radius 3 is 1.39 bits per heavy atom. The second-order valence-corrected chi connectivity index (χ2v) is 11.7. The van der Waals surface area contributed by atoms with Crippen LogP contribution in [-0.2, 0) is 0 Å². The quantitative estimate of drug-likeness (QED) is 0.170. The molecular weight excluding hydrogens is 540 g/mol. The van der Waals surface area contributed by atoms with Crippen LogP contribution in [0.15, 0.2) is 109 Å². The van der Waals surface area contributed by atoms with Gasteiger partial charge in [-0.15, -0.1) is 0 Å². The van der Waals surface area contributed by atoms with E-state index >= 15 is 0 Å². The summed E-state index contributed by atoms with van der Waals surface area (Å²) < 4.78 is 0. The normalized spacial score (nSPS) is 13.4. The lowest BCUT2D eigenvalue weighted by atomic mass is 9.90. The number of hydrogen-bond acceptors (Lipinski definition) is 0. The molecular formula is C38H34N6. The van der Waals surface area contributed by atoms with Gasteiger partial charge in [0.2, 0.25) is 0 Å². The number of rotatable bonds is 4. The molecule has 0 atom stereocenters. The first-order valence-corrected chi connectivity index (χ1v) is 15.1. The molecule has 0 spiro atoms. The Hall–Kier alpha value is -5.62. The van der Waals surface area contributed by atoms with Crippen molar-refractivity contribution in [3.05, 3.63) is 176 Å². The minimum atomic E-state index is 0.0944. The van der Waals surface area contributed by atoms with Gasteiger partial charge in [0.15, 0.2) is 0 Å². The van der Waals surface area contributed by atoms with Gasteiger partial charge in [0.05, 0.1) is 5.92 Å². The molecule has 8 bridgehead atoms. The van der Waals surface area contributed by atoms with E-state index in [1.807, 2.05) is 12.4 Å². The zero-order chi connectivity index (χ0) is 29.8. The third kappa shape index (κ3) is 4.34. The highest BCUT2D eigenvalue weighted by Gasteiger charge is 2.19. The molecule has 0 saturated heterocycles. The lowest BCUT2D eigenvalue weighted by molar-refractivity contribution is 0.897. The topological polar surface area (TPSA) is 94.7 Å². The predicted octanol–water partition coefficient (Wildman–Crippen LogP) is 5.05. The highest BCUT2D eigenvalue weighted by atomic mass is 14.8. The van der Waals surface area contributed by atoms with Crippen molar-refractivity contribution >= 4 is 22.3 Å². The van der Waals surface area contributed by atoms with E-state index in [0.717, 1.165) is 66.7 Å². The first-order valence-electron chi connectivity index (χ1n) is 15.1. The highest BCUT2D eigenvalue weighted by Crippen LogP contribution is 2.31. The molecule has 6 N–H and O–H groups in total. The van der Waals surface area contributed by atoms with Crippen molar-refractivity contribution in [2.45, 2.75) is 26.7 Å². The van der Waals surface area contributed by atoms with E-state index < -0.39 is 0 Å². The average Bonchev–Trinajstić information content (AvgIpc) is 3.90. The Bertz CT molecular complexity index is 2310. The molecule has 7 aromatic rings. The molecule has 44 heavy (non-hydrogen) atoms. The second-order valence-electron chi connectivity index (χ2n) is 11.7. The van der Waals surface area contributed by atoms with Crippen molar-refractivity contribution in [2.24, 2.45) is 0 Å². The van der Waals surface area contributed by atoms with Gasteiger partial charge in [-0.05, 0) is 121 Å². The number of nitrogens with one attached hydrogen (secondary N) is 6. The molecule has 0 saturated carbocycles.